The molecule has 1 saturated carbocycles. The molecule has 10 nitrogen and oxygen atoms in total. The number of nitrogens with zero attached hydrogens (tertiary/aromatic N) is 3. The molecule has 0 radical (unpaired) electrons. The summed E-state index contributed by atoms with van der Waals surface area (Å²) >= 11 is 0. The number of esters is 1. The minimum Gasteiger partial charge on any atom is -0.490 e. The zero-order chi connectivity index (χ0) is 34.3. The van der Waals surface area contributed by atoms with Crippen LogP contribution in [0.2, 0.25) is 0 Å². The van der Waals surface area contributed by atoms with Gasteiger partial charge in [0, 0.05) is 24.7 Å². The molecule has 1 aliphatic carbocycles. The first-order valence-electron chi connectivity index (χ1n) is 16.1. The molecule has 254 valence electrons. The number of hydrogen-bond acceptors (Lipinski definition) is 10. The second-order valence-corrected chi connectivity index (χ2v) is 11.9. The van der Waals surface area contributed by atoms with Crippen LogP contribution in [0.5, 0.6) is 34.6 Å². The number of ether oxygens (including phenoxy) is 5. The van der Waals surface area contributed by atoms with Crippen LogP contribution in [0, 0.1) is 28.9 Å². The number of halogens is 2. The molecule has 12 heteroatoms. The lowest BCUT2D eigenvalue weighted by atomic mass is 9.86. The number of nitriles is 1. The monoisotopic (exact) mass is 670 g/mol. The third kappa shape index (κ3) is 7.74. The molecule has 1 saturated heterocycles. The molecule has 49 heavy (non-hydrogen) atoms. The quantitative estimate of drug-likeness (QED) is 0.167. The van der Waals surface area contributed by atoms with E-state index in [1.165, 1.54) is 19.2 Å². The van der Waals surface area contributed by atoms with Crippen LogP contribution in [0.4, 0.5) is 8.78 Å². The molecule has 0 bridgehead atoms. The van der Waals surface area contributed by atoms with Crippen molar-refractivity contribution in [2.45, 2.75) is 44.6 Å². The summed E-state index contributed by atoms with van der Waals surface area (Å²) < 4.78 is 60.3. The van der Waals surface area contributed by atoms with Gasteiger partial charge >= 0.3 is 5.97 Å². The molecule has 4 aromatic rings. The number of rotatable bonds is 11. The number of benzene rings is 3. The van der Waals surface area contributed by atoms with Gasteiger partial charge in [-0.05, 0) is 62.2 Å². The van der Waals surface area contributed by atoms with Gasteiger partial charge in [0.25, 0.3) is 5.88 Å². The van der Waals surface area contributed by atoms with Gasteiger partial charge in [-0.2, -0.15) is 9.65 Å². The number of carbonyl (C=O) groups is 1. The highest BCUT2D eigenvalue weighted by molar-refractivity contribution is 5.73. The van der Waals surface area contributed by atoms with E-state index in [1.807, 2.05) is 48.3 Å². The lowest BCUT2D eigenvalue weighted by molar-refractivity contribution is -0.150. The number of nitrogens with one attached hydrogen (secondary N) is 1. The Labute approximate surface area is 283 Å². The van der Waals surface area contributed by atoms with E-state index in [0.29, 0.717) is 30.7 Å². The summed E-state index contributed by atoms with van der Waals surface area (Å²) in [6.07, 6.45) is 3.29. The molecule has 0 amide bonds. The van der Waals surface area contributed by atoms with Crippen molar-refractivity contribution in [2.24, 2.45) is 5.92 Å². The van der Waals surface area contributed by atoms with Gasteiger partial charge in [-0.1, -0.05) is 36.8 Å². The number of aromatic nitrogens is 1. The molecule has 1 aromatic heterocycles. The lowest BCUT2D eigenvalue weighted by Crippen LogP contribution is -2.36. The number of likely N-dealkylation sites (N-methyl/N-ethyl adjacent to an activating group) is 1. The van der Waals surface area contributed by atoms with Crippen molar-refractivity contribution in [3.63, 3.8) is 0 Å². The molecule has 1 aliphatic heterocycles. The molecular formula is C37H36F2N4O6. The number of methoxy groups -OCH3 is 1. The molecule has 2 heterocycles. The number of hydrogen-bond donors (Lipinski definition) is 1. The van der Waals surface area contributed by atoms with Crippen molar-refractivity contribution in [1.82, 2.24) is 15.2 Å². The summed E-state index contributed by atoms with van der Waals surface area (Å²) in [6.45, 7) is 1.60. The van der Waals surface area contributed by atoms with E-state index in [1.54, 1.807) is 24.3 Å². The minimum atomic E-state index is -1.18. The highest BCUT2D eigenvalue weighted by Gasteiger charge is 2.34. The Kier molecular flexibility index (Phi) is 10.5. The molecule has 2 fully saturated rings. The van der Waals surface area contributed by atoms with Crippen LogP contribution in [0.15, 0.2) is 72.9 Å². The van der Waals surface area contributed by atoms with E-state index >= 15 is 8.78 Å². The zero-order valence-corrected chi connectivity index (χ0v) is 27.2. The topological polar surface area (TPSA) is 115 Å². The van der Waals surface area contributed by atoms with Crippen LogP contribution in [0.25, 0.3) is 0 Å². The summed E-state index contributed by atoms with van der Waals surface area (Å²) in [5.74, 6) is -3.29. The van der Waals surface area contributed by atoms with Crippen LogP contribution in [-0.4, -0.2) is 49.2 Å². The third-order valence-corrected chi connectivity index (χ3v) is 8.64. The Morgan fingerprint density at radius 2 is 1.82 bits per heavy atom. The number of pyridine rings is 1. The average Bonchev–Trinajstić information content (AvgIpc) is 3.56. The van der Waals surface area contributed by atoms with Crippen LogP contribution >= 0.6 is 0 Å². The summed E-state index contributed by atoms with van der Waals surface area (Å²) in [7, 11) is 3.29. The third-order valence-electron chi connectivity index (χ3n) is 8.64. The second kappa shape index (κ2) is 15.3. The minimum absolute atomic E-state index is 0.0193. The largest absolute Gasteiger partial charge is 0.490 e. The summed E-state index contributed by atoms with van der Waals surface area (Å²) in [5.41, 5.74) is 1.71. The maximum atomic E-state index is 16.0. The number of carbonyl (C=O) groups excluding carboxylic acids is 1. The summed E-state index contributed by atoms with van der Waals surface area (Å²) in [5, 5.41) is 12.9. The molecule has 3 atom stereocenters. The van der Waals surface area contributed by atoms with Crippen molar-refractivity contribution in [2.75, 3.05) is 27.2 Å². The standard InChI is InChI=1S/C37H36F2N4O6/c1-43-17-16-41-35(43)27-19-25(47-29-11-7-6-10-26(29)37(44)45-2)13-15-30(27)48-34-28(38)21-42-36(33(34)39)49-32-18-24(20-40)12-14-31(32)46-22-23-8-4-3-5-9-23/h3-5,8-9,12-15,18-19,21,26,29,35,41H,6-7,10-11,16-17,22H2,1-2H3. The van der Waals surface area contributed by atoms with E-state index < -0.39 is 23.3 Å². The molecule has 6 rings (SSSR count). The van der Waals surface area contributed by atoms with Gasteiger partial charge in [-0.15, -0.1) is 0 Å². The summed E-state index contributed by atoms with van der Waals surface area (Å²) in [6, 6.07) is 20.9. The highest BCUT2D eigenvalue weighted by atomic mass is 19.1. The Bertz CT molecular complexity index is 1840. The Morgan fingerprint density at radius 3 is 2.57 bits per heavy atom. The first-order chi connectivity index (χ1) is 23.8. The average molecular weight is 671 g/mol. The summed E-state index contributed by atoms with van der Waals surface area (Å²) in [4.78, 5) is 18.3. The van der Waals surface area contributed by atoms with Gasteiger partial charge in [0.2, 0.25) is 11.6 Å². The predicted octanol–water partition coefficient (Wildman–Crippen LogP) is 7.04. The maximum Gasteiger partial charge on any atom is 0.312 e. The molecule has 2 aliphatic rings. The van der Waals surface area contributed by atoms with E-state index in [-0.39, 0.29) is 53.6 Å². The fourth-order valence-corrected chi connectivity index (χ4v) is 6.07. The van der Waals surface area contributed by atoms with Crippen LogP contribution < -0.4 is 24.3 Å². The first-order valence-corrected chi connectivity index (χ1v) is 16.1. The second-order valence-electron chi connectivity index (χ2n) is 11.9. The Morgan fingerprint density at radius 1 is 1.02 bits per heavy atom. The fourth-order valence-electron chi connectivity index (χ4n) is 6.07. The maximum absolute atomic E-state index is 16.0. The van der Waals surface area contributed by atoms with Crippen molar-refractivity contribution in [3.05, 3.63) is 101 Å². The van der Waals surface area contributed by atoms with Gasteiger partial charge in [0.1, 0.15) is 24.2 Å². The van der Waals surface area contributed by atoms with Gasteiger partial charge in [0.15, 0.2) is 17.3 Å². The van der Waals surface area contributed by atoms with Gasteiger partial charge in [-0.3, -0.25) is 15.0 Å². The Hall–Kier alpha value is -5.25. The smallest absolute Gasteiger partial charge is 0.312 e. The first kappa shape index (κ1) is 33.6. The van der Waals surface area contributed by atoms with Crippen molar-refractivity contribution >= 4 is 5.97 Å². The Balaban J connectivity index is 1.29. The molecular weight excluding hydrogens is 634 g/mol. The van der Waals surface area contributed by atoms with Crippen molar-refractivity contribution < 1.29 is 37.3 Å². The van der Waals surface area contributed by atoms with Crippen LogP contribution in [-0.2, 0) is 16.1 Å². The van der Waals surface area contributed by atoms with E-state index in [2.05, 4.69) is 10.3 Å². The van der Waals surface area contributed by atoms with Gasteiger partial charge < -0.3 is 23.7 Å². The fraction of sp³-hybridized carbons (Fsp3) is 0.324. The highest BCUT2D eigenvalue weighted by Crippen LogP contribution is 2.41. The van der Waals surface area contributed by atoms with Crippen molar-refractivity contribution in [3.8, 4) is 40.7 Å². The van der Waals surface area contributed by atoms with E-state index in [9.17, 15) is 10.1 Å². The SMILES string of the molecule is COC(=O)C1CCCCC1Oc1ccc(Oc2c(F)cnc(Oc3cc(C#N)ccc3OCc3ccccc3)c2F)c(C2NCCN2C)c1. The molecule has 0 spiro atoms. The van der Waals surface area contributed by atoms with Gasteiger partial charge in [0.05, 0.1) is 37.0 Å². The van der Waals surface area contributed by atoms with Gasteiger partial charge in [-0.25, -0.2) is 9.37 Å². The lowest BCUT2D eigenvalue weighted by Gasteiger charge is -2.30. The molecule has 1 N–H and O–H groups in total. The molecule has 3 unspecified atom stereocenters. The predicted molar refractivity (Wildman–Crippen MR) is 174 cm³/mol. The normalized spacial score (nSPS) is 19.1. The molecule has 3 aromatic carbocycles. The van der Waals surface area contributed by atoms with E-state index in [4.69, 9.17) is 23.7 Å². The van der Waals surface area contributed by atoms with Crippen LogP contribution in [0.1, 0.15) is 48.5 Å². The zero-order valence-electron chi connectivity index (χ0n) is 27.2. The van der Waals surface area contributed by atoms with Crippen molar-refractivity contribution in [1.29, 1.82) is 5.26 Å². The van der Waals surface area contributed by atoms with E-state index in [0.717, 1.165) is 31.1 Å². The van der Waals surface area contributed by atoms with Crippen LogP contribution in [0.3, 0.4) is 0 Å².